The van der Waals surface area contributed by atoms with Gasteiger partial charge in [-0.3, -0.25) is 0 Å². The quantitative estimate of drug-likeness (QED) is 0.0562. The molecule has 4 heterocycles. The molecule has 0 N–H and O–H groups in total. The third-order valence-electron chi connectivity index (χ3n) is 12.4. The number of benzene rings is 2. The van der Waals surface area contributed by atoms with E-state index < -0.39 is 23.8 Å². The first-order valence-corrected chi connectivity index (χ1v) is 23.8. The monoisotopic (exact) mass is 867 g/mol. The van der Waals surface area contributed by atoms with Gasteiger partial charge in [0.05, 0.1) is 51.2 Å². The standard InChI is InChI=1S/C52H74N4O7/c1-9-37(3)19-15-11-13-17-29-57-43-31-53-49(54-32-43)41-25-21-39(22-26-41)47(45-35-59-51(5,6)62-45)61-48(46-36-60-52(7,8)63-46)40-23-27-42(28-24-40)50-55-33-44(34-56-50)58-30-18-14-12-16-20-38(4)10-2/h21-28,31-34,37-38,45-48H,9-20,29-30,35-36H2,1-8H3/t37?,38?,45?,46?,47-,48-/m0/s1. The zero-order valence-corrected chi connectivity index (χ0v) is 39.4. The maximum absolute atomic E-state index is 7.16. The van der Waals surface area contributed by atoms with Crippen LogP contribution in [0.15, 0.2) is 73.3 Å². The highest BCUT2D eigenvalue weighted by Gasteiger charge is 2.44. The Morgan fingerprint density at radius 2 is 0.905 bits per heavy atom. The molecule has 344 valence electrons. The minimum atomic E-state index is -0.753. The molecule has 11 heteroatoms. The van der Waals surface area contributed by atoms with Crippen molar-refractivity contribution in [2.75, 3.05) is 26.4 Å². The molecule has 2 aromatic carbocycles. The largest absolute Gasteiger partial charge is 0.490 e. The lowest BCUT2D eigenvalue weighted by atomic mass is 9.99. The summed E-state index contributed by atoms with van der Waals surface area (Å²) >= 11 is 0. The van der Waals surface area contributed by atoms with E-state index in [2.05, 4.69) is 71.9 Å². The Morgan fingerprint density at radius 3 is 1.24 bits per heavy atom. The van der Waals surface area contributed by atoms with Crippen LogP contribution < -0.4 is 9.47 Å². The van der Waals surface area contributed by atoms with E-state index in [1.807, 2.05) is 52.0 Å². The topological polar surface area (TPSA) is 116 Å². The van der Waals surface area contributed by atoms with Gasteiger partial charge in [0.15, 0.2) is 34.7 Å². The molecule has 2 aromatic heterocycles. The fraction of sp³-hybridized carbons (Fsp3) is 0.615. The van der Waals surface area contributed by atoms with E-state index in [0.29, 0.717) is 49.6 Å². The van der Waals surface area contributed by atoms with Crippen molar-refractivity contribution >= 4 is 0 Å². The molecule has 4 unspecified atom stereocenters. The highest BCUT2D eigenvalue weighted by atomic mass is 16.8. The first-order valence-electron chi connectivity index (χ1n) is 23.8. The maximum atomic E-state index is 7.16. The Morgan fingerprint density at radius 1 is 0.540 bits per heavy atom. The van der Waals surface area contributed by atoms with Crippen molar-refractivity contribution in [3.8, 4) is 34.3 Å². The molecule has 0 radical (unpaired) electrons. The third kappa shape index (κ3) is 15.0. The van der Waals surface area contributed by atoms with Gasteiger partial charge in [-0.25, -0.2) is 19.9 Å². The second-order valence-corrected chi connectivity index (χ2v) is 18.6. The number of hydrogen-bond donors (Lipinski definition) is 0. The summed E-state index contributed by atoms with van der Waals surface area (Å²) in [5.74, 6) is 2.74. The molecule has 6 rings (SSSR count). The van der Waals surface area contributed by atoms with E-state index in [0.717, 1.165) is 46.9 Å². The van der Waals surface area contributed by atoms with Crippen molar-refractivity contribution in [1.29, 1.82) is 0 Å². The van der Waals surface area contributed by atoms with Gasteiger partial charge in [0.1, 0.15) is 24.4 Å². The Bertz CT molecular complexity index is 1770. The summed E-state index contributed by atoms with van der Waals surface area (Å²) in [6.07, 6.45) is 19.9. The summed E-state index contributed by atoms with van der Waals surface area (Å²) in [7, 11) is 0. The Labute approximate surface area is 377 Å². The molecule has 2 aliphatic rings. The molecule has 6 atom stereocenters. The fourth-order valence-electron chi connectivity index (χ4n) is 8.06. The molecule has 0 amide bonds. The normalized spacial score (nSPS) is 20.0. The van der Waals surface area contributed by atoms with Crippen LogP contribution in [-0.2, 0) is 23.7 Å². The summed E-state index contributed by atoms with van der Waals surface area (Å²) in [4.78, 5) is 18.5. The lowest BCUT2D eigenvalue weighted by Crippen LogP contribution is -2.33. The summed E-state index contributed by atoms with van der Waals surface area (Å²) in [6.45, 7) is 19.0. The van der Waals surface area contributed by atoms with Crippen LogP contribution in [0.4, 0.5) is 0 Å². The van der Waals surface area contributed by atoms with Gasteiger partial charge in [-0.1, -0.05) is 140 Å². The molecule has 2 aliphatic heterocycles. The molecule has 0 bridgehead atoms. The molecule has 11 nitrogen and oxygen atoms in total. The number of rotatable bonds is 26. The van der Waals surface area contributed by atoms with Crippen LogP contribution in [0.5, 0.6) is 11.5 Å². The van der Waals surface area contributed by atoms with Crippen LogP contribution in [0.1, 0.15) is 156 Å². The second kappa shape index (κ2) is 23.8. The SMILES string of the molecule is CCC(C)CCCCCCOc1cnc(-c2ccc([C@H](O[C@@H](c3ccc(-c4ncc(OCCCCCCC(C)CC)cn4)cc3)C3COC(C)(C)O3)C3COC(C)(C)O3)cc2)nc1. The second-order valence-electron chi connectivity index (χ2n) is 18.6. The van der Waals surface area contributed by atoms with Gasteiger partial charge in [-0.15, -0.1) is 0 Å². The lowest BCUT2D eigenvalue weighted by molar-refractivity contribution is -0.187. The number of hydrogen-bond acceptors (Lipinski definition) is 11. The van der Waals surface area contributed by atoms with E-state index in [4.69, 9.17) is 33.2 Å². The molecule has 2 fully saturated rings. The van der Waals surface area contributed by atoms with Crippen molar-refractivity contribution in [3.05, 3.63) is 84.4 Å². The minimum absolute atomic E-state index is 0.372. The van der Waals surface area contributed by atoms with Gasteiger partial charge in [0.25, 0.3) is 0 Å². The van der Waals surface area contributed by atoms with Crippen LogP contribution in [-0.4, -0.2) is 70.1 Å². The minimum Gasteiger partial charge on any atom is -0.490 e. The van der Waals surface area contributed by atoms with Gasteiger partial charge in [-0.05, 0) is 63.5 Å². The third-order valence-corrected chi connectivity index (χ3v) is 12.4. The number of nitrogens with zero attached hydrogens (tertiary/aromatic N) is 4. The summed E-state index contributed by atoms with van der Waals surface area (Å²) in [5.41, 5.74) is 3.65. The van der Waals surface area contributed by atoms with E-state index in [1.54, 1.807) is 24.8 Å². The first kappa shape index (κ1) is 48.5. The Hall–Kier alpha value is -4.00. The van der Waals surface area contributed by atoms with Crippen molar-refractivity contribution < 1.29 is 33.2 Å². The Kier molecular flexibility index (Phi) is 18.3. The smallest absolute Gasteiger partial charge is 0.163 e. The number of unbranched alkanes of at least 4 members (excludes halogenated alkanes) is 6. The van der Waals surface area contributed by atoms with E-state index in [-0.39, 0.29) is 12.2 Å². The molecule has 0 saturated carbocycles. The molecule has 0 spiro atoms. The van der Waals surface area contributed by atoms with Gasteiger partial charge < -0.3 is 33.2 Å². The molecular formula is C52H74N4O7. The van der Waals surface area contributed by atoms with E-state index in [1.165, 1.54) is 64.2 Å². The van der Waals surface area contributed by atoms with Gasteiger partial charge >= 0.3 is 0 Å². The van der Waals surface area contributed by atoms with Crippen molar-refractivity contribution in [2.45, 2.75) is 168 Å². The molecular weight excluding hydrogens is 793 g/mol. The summed E-state index contributed by atoms with van der Waals surface area (Å²) in [6, 6.07) is 16.3. The highest BCUT2D eigenvalue weighted by Crippen LogP contribution is 2.41. The maximum Gasteiger partial charge on any atom is 0.163 e. The molecule has 63 heavy (non-hydrogen) atoms. The van der Waals surface area contributed by atoms with Crippen LogP contribution >= 0.6 is 0 Å². The van der Waals surface area contributed by atoms with Crippen molar-refractivity contribution in [3.63, 3.8) is 0 Å². The molecule has 0 aliphatic carbocycles. The van der Waals surface area contributed by atoms with Gasteiger partial charge in [0, 0.05) is 11.1 Å². The predicted molar refractivity (Wildman–Crippen MR) is 247 cm³/mol. The van der Waals surface area contributed by atoms with Gasteiger partial charge in [0.2, 0.25) is 0 Å². The van der Waals surface area contributed by atoms with Crippen LogP contribution in [0.25, 0.3) is 22.8 Å². The van der Waals surface area contributed by atoms with Crippen molar-refractivity contribution in [2.24, 2.45) is 11.8 Å². The highest BCUT2D eigenvalue weighted by molar-refractivity contribution is 5.56. The van der Waals surface area contributed by atoms with E-state index in [9.17, 15) is 0 Å². The van der Waals surface area contributed by atoms with Crippen LogP contribution in [0.3, 0.4) is 0 Å². The van der Waals surface area contributed by atoms with Crippen molar-refractivity contribution in [1.82, 2.24) is 19.9 Å². The first-order chi connectivity index (χ1) is 30.4. The molecule has 2 saturated heterocycles. The zero-order valence-electron chi connectivity index (χ0n) is 39.4. The lowest BCUT2D eigenvalue weighted by Gasteiger charge is -2.32. The predicted octanol–water partition coefficient (Wildman–Crippen LogP) is 12.5. The van der Waals surface area contributed by atoms with Crippen LogP contribution in [0.2, 0.25) is 0 Å². The average molecular weight is 867 g/mol. The van der Waals surface area contributed by atoms with Crippen LogP contribution in [0, 0.1) is 11.8 Å². The fourth-order valence-corrected chi connectivity index (χ4v) is 8.06. The molecule has 4 aromatic rings. The van der Waals surface area contributed by atoms with E-state index >= 15 is 0 Å². The average Bonchev–Trinajstić information content (AvgIpc) is 3.85. The summed E-state index contributed by atoms with van der Waals surface area (Å²) < 4.78 is 44.2. The number of aromatic nitrogens is 4. The Balaban J connectivity index is 1.10. The number of ether oxygens (including phenoxy) is 7. The van der Waals surface area contributed by atoms with Gasteiger partial charge in [-0.2, -0.15) is 0 Å². The summed E-state index contributed by atoms with van der Waals surface area (Å²) in [5, 5.41) is 0. The zero-order chi connectivity index (χ0) is 44.7.